The van der Waals surface area contributed by atoms with Crippen molar-refractivity contribution in [3.05, 3.63) is 0 Å². The van der Waals surface area contributed by atoms with E-state index >= 15 is 0 Å². The van der Waals surface area contributed by atoms with Gasteiger partial charge in [0.1, 0.15) is 97.3 Å². The zero-order valence-electron chi connectivity index (χ0n) is 41.9. The zero-order chi connectivity index (χ0) is 52.2. The van der Waals surface area contributed by atoms with Gasteiger partial charge in [0.15, 0.2) is 30.9 Å². The van der Waals surface area contributed by atoms with E-state index in [2.05, 4.69) is 27.7 Å². The van der Waals surface area contributed by atoms with Crippen LogP contribution in [-0.2, 0) is 52.2 Å². The van der Waals surface area contributed by atoms with E-state index in [0.717, 1.165) is 38.5 Å². The molecule has 31 atom stereocenters. The lowest BCUT2D eigenvalue weighted by atomic mass is 9.44. The molecule has 6 saturated heterocycles. The summed E-state index contributed by atoms with van der Waals surface area (Å²) in [5, 5.41) is 129. The Morgan fingerprint density at radius 1 is 0.589 bits per heavy atom. The molecule has 418 valence electrons. The predicted molar refractivity (Wildman–Crippen MR) is 243 cm³/mol. The van der Waals surface area contributed by atoms with Crippen LogP contribution in [0.5, 0.6) is 0 Å². The first-order valence-electron chi connectivity index (χ1n) is 26.7. The molecule has 0 aromatic rings. The van der Waals surface area contributed by atoms with Crippen molar-refractivity contribution >= 4 is 5.78 Å². The van der Waals surface area contributed by atoms with Gasteiger partial charge in [0.05, 0.1) is 45.2 Å². The summed E-state index contributed by atoms with van der Waals surface area (Å²) in [4.78, 5) is 14.7. The molecular weight excluding hydrogens is 969 g/mol. The first-order chi connectivity index (χ1) is 34.7. The second-order valence-corrected chi connectivity index (χ2v) is 23.7. The molecule has 0 aromatic carbocycles. The normalized spacial score (nSPS) is 57.2. The molecule has 0 aromatic heterocycles. The van der Waals surface area contributed by atoms with Gasteiger partial charge in [0.2, 0.25) is 0 Å². The molecule has 12 N–H and O–H groups in total. The van der Waals surface area contributed by atoms with Crippen molar-refractivity contribution in [2.24, 2.45) is 52.3 Å². The van der Waals surface area contributed by atoms with Gasteiger partial charge in [-0.2, -0.15) is 0 Å². The third kappa shape index (κ3) is 9.30. The summed E-state index contributed by atoms with van der Waals surface area (Å²) in [5.41, 5.74) is -0.628. The lowest BCUT2D eigenvalue weighted by molar-refractivity contribution is -0.404. The highest BCUT2D eigenvalue weighted by molar-refractivity contribution is 5.87. The van der Waals surface area contributed by atoms with Gasteiger partial charge < -0.3 is 109 Å². The third-order valence-corrected chi connectivity index (χ3v) is 19.9. The van der Waals surface area contributed by atoms with Crippen LogP contribution >= 0.6 is 0 Å². The van der Waals surface area contributed by atoms with Crippen LogP contribution in [0, 0.1) is 52.3 Å². The van der Waals surface area contributed by atoms with Crippen LogP contribution in [0.15, 0.2) is 0 Å². The number of fused-ring (bicyclic) bond motifs is 7. The van der Waals surface area contributed by atoms with Gasteiger partial charge in [-0.05, 0) is 80.0 Å². The summed E-state index contributed by atoms with van der Waals surface area (Å²) in [5.74, 6) is 1.40. The molecule has 10 rings (SSSR count). The summed E-state index contributed by atoms with van der Waals surface area (Å²) in [6.45, 7) is 6.58. The number of Topliss-reactive ketones (excluding diaryl/α,β-unsaturated/α-hetero) is 1. The molecular formula is C50H80O23. The molecule has 73 heavy (non-hydrogen) atoms. The van der Waals surface area contributed by atoms with Gasteiger partial charge in [0, 0.05) is 30.1 Å². The molecule has 6 heterocycles. The van der Waals surface area contributed by atoms with Crippen LogP contribution in [-0.4, -0.2) is 235 Å². The van der Waals surface area contributed by atoms with Crippen molar-refractivity contribution in [1.82, 2.24) is 0 Å². The van der Waals surface area contributed by atoms with E-state index in [1.165, 1.54) is 0 Å². The smallest absolute Gasteiger partial charge is 0.187 e. The summed E-state index contributed by atoms with van der Waals surface area (Å²) in [6, 6.07) is 0. The van der Waals surface area contributed by atoms with Crippen molar-refractivity contribution in [2.45, 2.75) is 220 Å². The predicted octanol–water partition coefficient (Wildman–Crippen LogP) is -3.09. The molecule has 23 nitrogen and oxygen atoms in total. The average molecular weight is 1050 g/mol. The highest BCUT2D eigenvalue weighted by Gasteiger charge is 2.72. The molecule has 0 bridgehead atoms. The van der Waals surface area contributed by atoms with Crippen LogP contribution in [0.4, 0.5) is 0 Å². The number of hydrogen-bond acceptors (Lipinski definition) is 23. The Bertz CT molecular complexity index is 1910. The SMILES string of the molecule is C[C@@H]1CC[C@@]2(OC1)O[C@H]1C[C@H]3[C@@H]4CC[C@H]5C[C@@H](O[C@@H]6O[C@H](CO)[C@H](O[C@@H]7O[C@H](CO)[C@@H](O)[C@H](O[C@@H]8OC[C@@H](O)[C@H](O)[C@H]8O)[C@H]7O[C@@H]7O[C@H](CO)[C@@H](O)[C@H](O)[C@H]7O)[C@H](O)[C@H]6O)CC[C@]5(C)[C@H]4CC(=O)[C@]3(C)[C@H]1[C@@H]2C. The second kappa shape index (κ2) is 21.1. The van der Waals surface area contributed by atoms with Crippen LogP contribution in [0.25, 0.3) is 0 Å². The van der Waals surface area contributed by atoms with Crippen LogP contribution in [0.1, 0.15) is 85.5 Å². The quantitative estimate of drug-likeness (QED) is 0.0913. The monoisotopic (exact) mass is 1050 g/mol. The molecule has 0 unspecified atom stereocenters. The standard InChI is InChI=1S/C50H80O23/c1-19-7-10-50(65-17-19)20(2)32-27(73-50)12-25-23-6-5-21-11-22(8-9-48(21,3)24(23)13-31(55)49(25,32)4)66-45-40(63)37(60)41(30(16-53)69-45)70-47-43(72-46-39(62)36(59)34(57)28(14-51)67-46)42(35(58)29(15-52)68-47)71-44-38(61)33(56)26(54)18-64-44/h19-30,32-47,51-54,56-63H,5-18H2,1-4H3/t19-,20+,21+,22+,23-,24+,25+,26-,27+,28-,29-,30-,32+,33+,34-,35-,36+,37-,38-,39-,40-,41+,42+,43-,44+,45-,46+,47+,48+,49-,50-/m1/s1. The zero-order valence-corrected chi connectivity index (χ0v) is 41.9. The molecule has 1 spiro atoms. The fourth-order valence-corrected chi connectivity index (χ4v) is 15.6. The van der Waals surface area contributed by atoms with Gasteiger partial charge in [-0.15, -0.1) is 0 Å². The van der Waals surface area contributed by atoms with E-state index < -0.39 is 160 Å². The van der Waals surface area contributed by atoms with Gasteiger partial charge in [-0.3, -0.25) is 4.79 Å². The second-order valence-electron chi connectivity index (χ2n) is 23.7. The van der Waals surface area contributed by atoms with E-state index in [0.29, 0.717) is 43.5 Å². The van der Waals surface area contributed by atoms with Crippen LogP contribution < -0.4 is 0 Å². The number of ketones is 1. The number of carbonyl (C=O) groups is 1. The number of hydrogen-bond donors (Lipinski definition) is 12. The van der Waals surface area contributed by atoms with Crippen molar-refractivity contribution < 1.29 is 113 Å². The minimum absolute atomic E-state index is 0.0117. The molecule has 0 radical (unpaired) electrons. The van der Waals surface area contributed by atoms with Gasteiger partial charge in [0.25, 0.3) is 0 Å². The molecule has 4 aliphatic carbocycles. The highest BCUT2D eigenvalue weighted by Crippen LogP contribution is 2.70. The Morgan fingerprint density at radius 3 is 1.92 bits per heavy atom. The molecule has 10 fully saturated rings. The van der Waals surface area contributed by atoms with Gasteiger partial charge in [-0.1, -0.05) is 27.7 Å². The molecule has 6 aliphatic heterocycles. The topological polar surface area (TPSA) is 352 Å². The summed E-state index contributed by atoms with van der Waals surface area (Å²) in [7, 11) is 0. The number of aliphatic hydroxyl groups excluding tert-OH is 12. The van der Waals surface area contributed by atoms with Crippen molar-refractivity contribution in [2.75, 3.05) is 33.0 Å². The maximum atomic E-state index is 14.7. The maximum Gasteiger partial charge on any atom is 0.187 e. The fraction of sp³-hybridized carbons (Fsp3) is 0.980. The first-order valence-corrected chi connectivity index (χ1v) is 26.7. The summed E-state index contributed by atoms with van der Waals surface area (Å²) in [6.07, 6.45) is -26.6. The molecule has 0 amide bonds. The van der Waals surface area contributed by atoms with E-state index in [4.69, 9.17) is 47.4 Å². The molecule has 4 saturated carbocycles. The Morgan fingerprint density at radius 2 is 1.22 bits per heavy atom. The van der Waals surface area contributed by atoms with E-state index in [1.54, 1.807) is 0 Å². The van der Waals surface area contributed by atoms with Crippen molar-refractivity contribution in [3.63, 3.8) is 0 Å². The maximum absolute atomic E-state index is 14.7. The Kier molecular flexibility index (Phi) is 15.9. The Hall–Kier alpha value is -1.21. The minimum atomic E-state index is -2.01. The van der Waals surface area contributed by atoms with E-state index in [1.807, 2.05) is 0 Å². The molecule has 10 aliphatic rings. The van der Waals surface area contributed by atoms with Crippen molar-refractivity contribution in [3.8, 4) is 0 Å². The third-order valence-electron chi connectivity index (χ3n) is 19.9. The lowest BCUT2D eigenvalue weighted by Crippen LogP contribution is -2.68. The van der Waals surface area contributed by atoms with Gasteiger partial charge >= 0.3 is 0 Å². The van der Waals surface area contributed by atoms with Crippen LogP contribution in [0.3, 0.4) is 0 Å². The lowest BCUT2D eigenvalue weighted by Gasteiger charge is -2.60. The number of ether oxygens (including phenoxy) is 10. The van der Waals surface area contributed by atoms with Crippen LogP contribution in [0.2, 0.25) is 0 Å². The van der Waals surface area contributed by atoms with E-state index in [-0.39, 0.29) is 41.1 Å². The first kappa shape index (κ1) is 55.1. The number of rotatable bonds is 11. The largest absolute Gasteiger partial charge is 0.394 e. The minimum Gasteiger partial charge on any atom is -0.394 e. The van der Waals surface area contributed by atoms with Gasteiger partial charge in [-0.25, -0.2) is 0 Å². The Balaban J connectivity index is 0.820. The average Bonchev–Trinajstić information content (AvgIpc) is 3.83. The van der Waals surface area contributed by atoms with E-state index in [9.17, 15) is 66.1 Å². The molecule has 23 heteroatoms. The van der Waals surface area contributed by atoms with Crippen molar-refractivity contribution in [1.29, 1.82) is 0 Å². The summed E-state index contributed by atoms with van der Waals surface area (Å²) < 4.78 is 61.1. The highest BCUT2D eigenvalue weighted by atomic mass is 16.8. The fourth-order valence-electron chi connectivity index (χ4n) is 15.6. The number of aliphatic hydroxyl groups is 12. The summed E-state index contributed by atoms with van der Waals surface area (Å²) >= 11 is 0. The Labute approximate surface area is 423 Å². The number of carbonyl (C=O) groups excluding carboxylic acids is 1.